The van der Waals surface area contributed by atoms with Gasteiger partial charge in [-0.25, -0.2) is 9.78 Å². The topological polar surface area (TPSA) is 60.9 Å². The highest BCUT2D eigenvalue weighted by Crippen LogP contribution is 2.39. The summed E-state index contributed by atoms with van der Waals surface area (Å²) in [5.41, 5.74) is 3.21. The maximum atomic E-state index is 12.0. The van der Waals surface area contributed by atoms with Gasteiger partial charge in [0.15, 0.2) is 0 Å². The molecule has 3 heterocycles. The minimum Gasteiger partial charge on any atom is -0.462 e. The van der Waals surface area contributed by atoms with Gasteiger partial charge >= 0.3 is 6.09 Å². The third kappa shape index (κ3) is 3.93. The molecule has 2 aromatic carbocycles. The van der Waals surface area contributed by atoms with Gasteiger partial charge in [0.05, 0.1) is 13.2 Å². The molecular formula is C24H23ClN2O4. The molecule has 0 radical (unpaired) electrons. The Morgan fingerprint density at radius 1 is 1.13 bits per heavy atom. The van der Waals surface area contributed by atoms with Crippen LogP contribution in [0.5, 0.6) is 5.75 Å². The van der Waals surface area contributed by atoms with Gasteiger partial charge in [0.2, 0.25) is 5.79 Å². The molecule has 3 aromatic rings. The minimum absolute atomic E-state index is 0.273. The Labute approximate surface area is 185 Å². The number of likely N-dealkylation sites (tertiary alicyclic amines) is 1. The van der Waals surface area contributed by atoms with Gasteiger partial charge in [0.25, 0.3) is 0 Å². The Bertz CT molecular complexity index is 1140. The van der Waals surface area contributed by atoms with Crippen molar-refractivity contribution in [1.29, 1.82) is 0 Å². The van der Waals surface area contributed by atoms with Crippen LogP contribution < -0.4 is 4.74 Å². The summed E-state index contributed by atoms with van der Waals surface area (Å²) in [6.07, 6.45) is 2.74. The highest BCUT2D eigenvalue weighted by atomic mass is 35.5. The zero-order valence-corrected chi connectivity index (χ0v) is 18.0. The monoisotopic (exact) mass is 438 g/mol. The minimum atomic E-state index is -0.676. The van der Waals surface area contributed by atoms with Gasteiger partial charge in [-0.1, -0.05) is 29.8 Å². The second-order valence-corrected chi connectivity index (χ2v) is 8.27. The number of pyridine rings is 1. The summed E-state index contributed by atoms with van der Waals surface area (Å²) < 4.78 is 17.6. The molecule has 2 aliphatic rings. The molecule has 1 spiro atoms. The molecule has 5 rings (SSSR count). The molecule has 31 heavy (non-hydrogen) atoms. The maximum absolute atomic E-state index is 12.0. The van der Waals surface area contributed by atoms with Crippen LogP contribution in [0.15, 0.2) is 48.7 Å². The van der Waals surface area contributed by atoms with E-state index in [1.807, 2.05) is 25.1 Å². The van der Waals surface area contributed by atoms with Crippen LogP contribution >= 0.6 is 11.6 Å². The first-order valence-corrected chi connectivity index (χ1v) is 10.9. The van der Waals surface area contributed by atoms with Crippen LogP contribution in [0, 0.1) is 0 Å². The van der Waals surface area contributed by atoms with Crippen LogP contribution in [0.1, 0.15) is 25.3 Å². The number of fused-ring (bicyclic) bond motifs is 2. The predicted molar refractivity (Wildman–Crippen MR) is 118 cm³/mol. The normalized spacial score (nSPS) is 17.3. The van der Waals surface area contributed by atoms with E-state index in [9.17, 15) is 4.79 Å². The van der Waals surface area contributed by atoms with Crippen LogP contribution in [0.3, 0.4) is 0 Å². The van der Waals surface area contributed by atoms with Crippen LogP contribution in [-0.2, 0) is 16.1 Å². The van der Waals surface area contributed by atoms with Crippen LogP contribution in [0.4, 0.5) is 4.79 Å². The fourth-order valence-corrected chi connectivity index (χ4v) is 4.36. The molecule has 0 atom stereocenters. The highest BCUT2D eigenvalue weighted by Gasteiger charge is 2.42. The summed E-state index contributed by atoms with van der Waals surface area (Å²) >= 11 is 6.05. The molecule has 1 saturated heterocycles. The Hall–Kier alpha value is -2.83. The second-order valence-electron chi connectivity index (χ2n) is 7.88. The van der Waals surface area contributed by atoms with Gasteiger partial charge in [-0.2, -0.15) is 0 Å². The maximum Gasteiger partial charge on any atom is 0.409 e. The Morgan fingerprint density at radius 2 is 1.90 bits per heavy atom. The summed E-state index contributed by atoms with van der Waals surface area (Å²) in [6.45, 7) is 3.78. The van der Waals surface area contributed by atoms with Gasteiger partial charge < -0.3 is 19.1 Å². The first kappa shape index (κ1) is 20.1. The standard InChI is InChI=1S/C24H23ClN2O4/c1-2-29-23(28)27-9-7-24(8-10-27)30-15-20-12-17(5-6-21(20)31-24)16-3-4-18-14-26-22(25)13-19(18)11-16/h3-6,11-14H,2,7-10,15H2,1H3. The number of carbonyl (C=O) groups excluding carboxylic acids is 1. The van der Waals surface area contributed by atoms with Crippen molar-refractivity contribution in [3.63, 3.8) is 0 Å². The van der Waals surface area contributed by atoms with E-state index < -0.39 is 5.79 Å². The Morgan fingerprint density at radius 3 is 2.71 bits per heavy atom. The lowest BCUT2D eigenvalue weighted by Crippen LogP contribution is -2.52. The molecule has 1 amide bonds. The molecule has 6 nitrogen and oxygen atoms in total. The number of rotatable bonds is 2. The van der Waals surface area contributed by atoms with E-state index in [0.29, 0.717) is 44.3 Å². The van der Waals surface area contributed by atoms with E-state index >= 15 is 0 Å². The summed E-state index contributed by atoms with van der Waals surface area (Å²) in [5.74, 6) is 0.164. The molecule has 1 fully saturated rings. The highest BCUT2D eigenvalue weighted by molar-refractivity contribution is 6.30. The SMILES string of the molecule is CCOC(=O)N1CCC2(CC1)OCc1cc(-c3ccc4cnc(Cl)cc4c3)ccc1O2. The van der Waals surface area contributed by atoms with Gasteiger partial charge in [-0.05, 0) is 47.7 Å². The third-order valence-corrected chi connectivity index (χ3v) is 6.13. The molecule has 7 heteroatoms. The lowest BCUT2D eigenvalue weighted by Gasteiger charge is -2.43. The number of carbonyl (C=O) groups is 1. The van der Waals surface area contributed by atoms with Gasteiger partial charge in [-0.15, -0.1) is 0 Å². The van der Waals surface area contributed by atoms with Crippen LogP contribution in [0.25, 0.3) is 21.9 Å². The van der Waals surface area contributed by atoms with Gasteiger partial charge in [0.1, 0.15) is 10.9 Å². The first-order valence-electron chi connectivity index (χ1n) is 10.5. The number of hydrogen-bond donors (Lipinski definition) is 0. The third-order valence-electron chi connectivity index (χ3n) is 5.92. The molecule has 160 valence electrons. The van der Waals surface area contributed by atoms with Crippen LogP contribution in [0.2, 0.25) is 5.15 Å². The molecule has 0 N–H and O–H groups in total. The van der Waals surface area contributed by atoms with E-state index in [-0.39, 0.29) is 6.09 Å². The molecular weight excluding hydrogens is 416 g/mol. The van der Waals surface area contributed by atoms with Crippen molar-refractivity contribution in [3.8, 4) is 16.9 Å². The Balaban J connectivity index is 1.34. The number of piperidine rings is 1. The second kappa shape index (κ2) is 8.02. The molecule has 1 aromatic heterocycles. The number of benzene rings is 2. The van der Waals surface area contributed by atoms with Crippen molar-refractivity contribution < 1.29 is 19.0 Å². The number of nitrogens with zero attached hydrogens (tertiary/aromatic N) is 2. The number of hydrogen-bond acceptors (Lipinski definition) is 5. The smallest absolute Gasteiger partial charge is 0.409 e. The predicted octanol–water partition coefficient (Wildman–Crippen LogP) is 5.41. The van der Waals surface area contributed by atoms with Crippen molar-refractivity contribution in [1.82, 2.24) is 9.88 Å². The fourth-order valence-electron chi connectivity index (χ4n) is 4.20. The summed E-state index contributed by atoms with van der Waals surface area (Å²) in [6, 6.07) is 14.3. The van der Waals surface area contributed by atoms with Crippen molar-refractivity contribution in [2.24, 2.45) is 0 Å². The molecule has 0 aliphatic carbocycles. The zero-order valence-electron chi connectivity index (χ0n) is 17.3. The van der Waals surface area contributed by atoms with Crippen molar-refractivity contribution in [3.05, 3.63) is 59.4 Å². The van der Waals surface area contributed by atoms with E-state index in [1.165, 1.54) is 0 Å². The summed E-state index contributed by atoms with van der Waals surface area (Å²) in [5, 5.41) is 2.58. The van der Waals surface area contributed by atoms with E-state index in [1.54, 1.807) is 11.1 Å². The number of amides is 1. The first-order chi connectivity index (χ1) is 15.0. The van der Waals surface area contributed by atoms with Crippen molar-refractivity contribution in [2.45, 2.75) is 32.2 Å². The average molecular weight is 439 g/mol. The number of ether oxygens (including phenoxy) is 3. The fraction of sp³-hybridized carbons (Fsp3) is 0.333. The van der Waals surface area contributed by atoms with E-state index in [2.05, 4.69) is 29.2 Å². The lowest BCUT2D eigenvalue weighted by molar-refractivity contribution is -0.226. The molecule has 0 bridgehead atoms. The molecule has 0 saturated carbocycles. The van der Waals surface area contributed by atoms with Crippen LogP contribution in [-0.4, -0.2) is 41.5 Å². The largest absolute Gasteiger partial charge is 0.462 e. The number of aromatic nitrogens is 1. The average Bonchev–Trinajstić information content (AvgIpc) is 2.79. The molecule has 2 aliphatic heterocycles. The zero-order chi connectivity index (χ0) is 21.4. The summed E-state index contributed by atoms with van der Waals surface area (Å²) in [4.78, 5) is 17.8. The van der Waals surface area contributed by atoms with Gasteiger partial charge in [-0.3, -0.25) is 0 Å². The van der Waals surface area contributed by atoms with Crippen molar-refractivity contribution >= 4 is 28.5 Å². The van der Waals surface area contributed by atoms with Gasteiger partial charge in [0, 0.05) is 43.1 Å². The quantitative estimate of drug-likeness (QED) is 0.500. The lowest BCUT2D eigenvalue weighted by atomic mass is 9.98. The number of halogens is 1. The van der Waals surface area contributed by atoms with Crippen molar-refractivity contribution in [2.75, 3.05) is 19.7 Å². The Kier molecular flexibility index (Phi) is 5.20. The van der Waals surface area contributed by atoms with E-state index in [4.69, 9.17) is 25.8 Å². The summed E-state index contributed by atoms with van der Waals surface area (Å²) in [7, 11) is 0. The van der Waals surface area contributed by atoms with E-state index in [0.717, 1.165) is 33.2 Å². The molecule has 0 unspecified atom stereocenters.